The Morgan fingerprint density at radius 3 is 2.69 bits per heavy atom. The number of nitrogens with zero attached hydrogens (tertiary/aromatic N) is 4. The van der Waals surface area contributed by atoms with E-state index in [1.807, 2.05) is 4.68 Å². The van der Waals surface area contributed by atoms with Crippen molar-refractivity contribution in [3.05, 3.63) is 27.6 Å². The summed E-state index contributed by atoms with van der Waals surface area (Å²) >= 11 is 7.13. The second kappa shape index (κ2) is 7.56. The van der Waals surface area contributed by atoms with Crippen molar-refractivity contribution in [1.82, 2.24) is 14.8 Å². The van der Waals surface area contributed by atoms with E-state index in [1.54, 1.807) is 20.2 Å². The highest BCUT2D eigenvalue weighted by molar-refractivity contribution is 7.18. The number of amides is 1. The maximum atomic E-state index is 13.7. The number of carbonyl (C=O) groups is 2. The molecular weight excluding hydrogens is 450 g/mol. The van der Waals surface area contributed by atoms with Crippen molar-refractivity contribution in [3.8, 4) is 6.07 Å². The Labute approximate surface area is 194 Å². The minimum Gasteiger partial charge on any atom is -0.462 e. The molecule has 2 atom stereocenters. The van der Waals surface area contributed by atoms with Gasteiger partial charge in [-0.2, -0.15) is 5.26 Å². The van der Waals surface area contributed by atoms with E-state index in [0.717, 1.165) is 43.4 Å². The number of hydrogen-bond acceptors (Lipinski definition) is 7. The molecule has 4 fully saturated rings. The molecule has 6 rings (SSSR count). The summed E-state index contributed by atoms with van der Waals surface area (Å²) in [6.07, 6.45) is 7.11. The summed E-state index contributed by atoms with van der Waals surface area (Å²) in [5.74, 6) is 0.348. The molecule has 32 heavy (non-hydrogen) atoms. The SMILES string of the molecule is CCOC(=O)c1sc(NC(=O)C23CC4CC(C2)CC(n2cnc(Cl)n2)(C4)C3)c(C#N)c1C. The van der Waals surface area contributed by atoms with Crippen LogP contribution in [0.2, 0.25) is 5.28 Å². The highest BCUT2D eigenvalue weighted by Crippen LogP contribution is 2.64. The second-order valence-electron chi connectivity index (χ2n) is 9.47. The average molecular weight is 474 g/mol. The molecule has 4 aliphatic rings. The van der Waals surface area contributed by atoms with Crippen LogP contribution >= 0.6 is 22.9 Å². The molecule has 10 heteroatoms. The predicted octanol–water partition coefficient (Wildman–Crippen LogP) is 4.28. The zero-order valence-corrected chi connectivity index (χ0v) is 19.6. The van der Waals surface area contributed by atoms with Crippen LogP contribution in [-0.4, -0.2) is 33.2 Å². The molecule has 0 aromatic carbocycles. The quantitative estimate of drug-likeness (QED) is 0.649. The number of nitriles is 1. The summed E-state index contributed by atoms with van der Waals surface area (Å²) in [5, 5.41) is 17.8. The predicted molar refractivity (Wildman–Crippen MR) is 118 cm³/mol. The van der Waals surface area contributed by atoms with Crippen LogP contribution < -0.4 is 5.32 Å². The number of hydrogen-bond donors (Lipinski definition) is 1. The molecule has 4 bridgehead atoms. The van der Waals surface area contributed by atoms with E-state index in [2.05, 4.69) is 21.5 Å². The lowest BCUT2D eigenvalue weighted by Gasteiger charge is -2.60. The van der Waals surface area contributed by atoms with Gasteiger partial charge in [-0.05, 0) is 81.4 Å². The summed E-state index contributed by atoms with van der Waals surface area (Å²) in [7, 11) is 0. The number of thiophene rings is 1. The molecule has 1 amide bonds. The standard InChI is InChI=1S/C22H24ClN5O3S/c1-3-31-18(29)16-12(2)15(9-24)17(32-16)26-19(30)21-5-13-4-14(6-21)8-22(7-13,10-21)28-11-25-20(23)27-28/h11,13-14H,3-8,10H2,1-2H3,(H,26,30). The van der Waals surface area contributed by atoms with Crippen molar-refractivity contribution in [3.63, 3.8) is 0 Å². The Bertz CT molecular complexity index is 1140. The lowest BCUT2D eigenvalue weighted by molar-refractivity contribution is -0.150. The number of aromatic nitrogens is 3. The van der Waals surface area contributed by atoms with Gasteiger partial charge in [-0.15, -0.1) is 16.4 Å². The minimum absolute atomic E-state index is 0.0738. The maximum absolute atomic E-state index is 13.7. The van der Waals surface area contributed by atoms with Crippen LogP contribution in [-0.2, 0) is 15.1 Å². The fourth-order valence-electron chi connectivity index (χ4n) is 6.58. The molecular formula is C22H24ClN5O3S. The molecule has 4 aliphatic carbocycles. The van der Waals surface area contributed by atoms with E-state index in [1.165, 1.54) is 0 Å². The van der Waals surface area contributed by atoms with Crippen LogP contribution in [0.1, 0.15) is 66.2 Å². The number of ether oxygens (including phenoxy) is 1. The van der Waals surface area contributed by atoms with Crippen LogP contribution in [0.3, 0.4) is 0 Å². The molecule has 2 heterocycles. The lowest BCUT2D eigenvalue weighted by Crippen LogP contribution is -2.60. The van der Waals surface area contributed by atoms with Crippen LogP contribution in [0.25, 0.3) is 0 Å². The molecule has 2 aromatic heterocycles. The van der Waals surface area contributed by atoms with E-state index < -0.39 is 11.4 Å². The fraction of sp³-hybridized carbons (Fsp3) is 0.591. The average Bonchev–Trinajstić information content (AvgIpc) is 3.31. The van der Waals surface area contributed by atoms with Gasteiger partial charge < -0.3 is 10.1 Å². The van der Waals surface area contributed by atoms with Gasteiger partial charge in [0.1, 0.15) is 22.3 Å². The van der Waals surface area contributed by atoms with Crippen molar-refractivity contribution in [2.24, 2.45) is 17.3 Å². The van der Waals surface area contributed by atoms with Crippen molar-refractivity contribution in [1.29, 1.82) is 5.26 Å². The Balaban J connectivity index is 1.46. The monoisotopic (exact) mass is 473 g/mol. The molecule has 0 saturated heterocycles. The Morgan fingerprint density at radius 1 is 1.38 bits per heavy atom. The van der Waals surface area contributed by atoms with Crippen LogP contribution in [0.5, 0.6) is 0 Å². The van der Waals surface area contributed by atoms with Crippen molar-refractivity contribution in [2.45, 2.75) is 57.9 Å². The van der Waals surface area contributed by atoms with Gasteiger partial charge >= 0.3 is 5.97 Å². The largest absolute Gasteiger partial charge is 0.462 e. The van der Waals surface area contributed by atoms with Crippen LogP contribution in [0.15, 0.2) is 6.33 Å². The van der Waals surface area contributed by atoms with Crippen molar-refractivity contribution < 1.29 is 14.3 Å². The smallest absolute Gasteiger partial charge is 0.348 e. The van der Waals surface area contributed by atoms with Crippen molar-refractivity contribution >= 4 is 39.8 Å². The molecule has 168 valence electrons. The number of anilines is 1. The molecule has 0 radical (unpaired) electrons. The topological polar surface area (TPSA) is 110 Å². The lowest BCUT2D eigenvalue weighted by atomic mass is 9.46. The van der Waals surface area contributed by atoms with Gasteiger partial charge in [0.05, 0.1) is 23.1 Å². The molecule has 0 spiro atoms. The molecule has 8 nitrogen and oxygen atoms in total. The molecule has 0 aliphatic heterocycles. The number of rotatable bonds is 5. The van der Waals surface area contributed by atoms with Gasteiger partial charge in [0.25, 0.3) is 0 Å². The molecule has 2 aromatic rings. The van der Waals surface area contributed by atoms with Gasteiger partial charge in [-0.1, -0.05) is 0 Å². The number of carbonyl (C=O) groups excluding carboxylic acids is 2. The number of nitrogens with one attached hydrogen (secondary N) is 1. The highest BCUT2D eigenvalue weighted by Gasteiger charge is 2.61. The summed E-state index contributed by atoms with van der Waals surface area (Å²) in [4.78, 5) is 30.5. The van der Waals surface area contributed by atoms with Gasteiger partial charge in [-0.3, -0.25) is 4.79 Å². The Kier molecular flexibility index (Phi) is 5.06. The van der Waals surface area contributed by atoms with E-state index >= 15 is 0 Å². The van der Waals surface area contributed by atoms with Crippen LogP contribution in [0, 0.1) is 35.5 Å². The summed E-state index contributed by atoms with van der Waals surface area (Å²) in [5.41, 5.74) is 0.0950. The number of halogens is 1. The van der Waals surface area contributed by atoms with Crippen molar-refractivity contribution in [2.75, 3.05) is 11.9 Å². The maximum Gasteiger partial charge on any atom is 0.348 e. The zero-order valence-electron chi connectivity index (χ0n) is 18.0. The van der Waals surface area contributed by atoms with E-state index in [-0.39, 0.29) is 23.3 Å². The second-order valence-corrected chi connectivity index (χ2v) is 10.8. The first-order valence-electron chi connectivity index (χ1n) is 10.9. The first kappa shape index (κ1) is 21.4. The van der Waals surface area contributed by atoms with E-state index in [4.69, 9.17) is 16.3 Å². The third-order valence-electron chi connectivity index (χ3n) is 7.41. The molecule has 1 N–H and O–H groups in total. The normalized spacial score (nSPS) is 30.2. The van der Waals surface area contributed by atoms with E-state index in [0.29, 0.717) is 39.3 Å². The third kappa shape index (κ3) is 3.23. The van der Waals surface area contributed by atoms with Crippen LogP contribution in [0.4, 0.5) is 5.00 Å². The minimum atomic E-state index is -0.531. The molecule has 2 unspecified atom stereocenters. The molecule has 4 saturated carbocycles. The highest BCUT2D eigenvalue weighted by atomic mass is 35.5. The zero-order chi connectivity index (χ0) is 22.7. The first-order chi connectivity index (χ1) is 15.3. The first-order valence-corrected chi connectivity index (χ1v) is 12.1. The number of esters is 1. The third-order valence-corrected chi connectivity index (χ3v) is 8.77. The fourth-order valence-corrected chi connectivity index (χ4v) is 7.75. The summed E-state index contributed by atoms with van der Waals surface area (Å²) in [6.45, 7) is 3.70. The summed E-state index contributed by atoms with van der Waals surface area (Å²) < 4.78 is 6.99. The van der Waals surface area contributed by atoms with Gasteiger partial charge in [0.15, 0.2) is 0 Å². The van der Waals surface area contributed by atoms with Gasteiger partial charge in [-0.25, -0.2) is 14.5 Å². The summed E-state index contributed by atoms with van der Waals surface area (Å²) in [6, 6.07) is 2.15. The van der Waals surface area contributed by atoms with Gasteiger partial charge in [0.2, 0.25) is 11.2 Å². The Morgan fingerprint density at radius 2 is 2.09 bits per heavy atom. The van der Waals surface area contributed by atoms with Gasteiger partial charge in [0, 0.05) is 0 Å². The Hall–Kier alpha value is -2.44. The van der Waals surface area contributed by atoms with E-state index in [9.17, 15) is 14.9 Å².